The van der Waals surface area contributed by atoms with Gasteiger partial charge in [-0.05, 0) is 0 Å². The zero-order chi connectivity index (χ0) is 5.11. The maximum Gasteiger partial charge on any atom is 0.145 e. The van der Waals surface area contributed by atoms with Crippen LogP contribution in [0.5, 0.6) is 0 Å². The summed E-state index contributed by atoms with van der Waals surface area (Å²) in [6.45, 7) is 0. The fourth-order valence-corrected chi connectivity index (χ4v) is 0.400. The summed E-state index contributed by atoms with van der Waals surface area (Å²) in [7, 11) is 0. The summed E-state index contributed by atoms with van der Waals surface area (Å²) < 4.78 is 0. The normalized spacial score (nSPS) is 15.7. The van der Waals surface area contributed by atoms with E-state index >= 15 is 0 Å². The lowest BCUT2D eigenvalue weighted by atomic mass is 10.3. The molecule has 1 aliphatic rings. The molecule has 1 heteroatoms. The second-order valence-corrected chi connectivity index (χ2v) is 1.33. The van der Waals surface area contributed by atoms with Crippen molar-refractivity contribution in [2.75, 3.05) is 0 Å². The molecule has 0 atom stereocenters. The first-order valence-electron chi connectivity index (χ1n) is 2.11. The second-order valence-electron chi connectivity index (χ2n) is 1.33. The van der Waals surface area contributed by atoms with Crippen molar-refractivity contribution in [2.45, 2.75) is 0 Å². The van der Waals surface area contributed by atoms with Gasteiger partial charge in [0.25, 0.3) is 0 Å². The van der Waals surface area contributed by atoms with Gasteiger partial charge in [0.05, 0.1) is 12.2 Å². The van der Waals surface area contributed by atoms with Gasteiger partial charge in [0.1, 0.15) is 17.8 Å². The van der Waals surface area contributed by atoms with Crippen LogP contribution in [0.1, 0.15) is 0 Å². The molecule has 0 unspecified atom stereocenters. The van der Waals surface area contributed by atoms with E-state index in [0.717, 1.165) is 5.70 Å². The highest BCUT2D eigenvalue weighted by Gasteiger charge is 1.90. The molecular formula is C6H6N+. The van der Waals surface area contributed by atoms with Crippen molar-refractivity contribution in [1.82, 2.24) is 0 Å². The smallest absolute Gasteiger partial charge is 0.145 e. The van der Waals surface area contributed by atoms with Gasteiger partial charge in [-0.1, -0.05) is 0 Å². The van der Waals surface area contributed by atoms with Crippen LogP contribution in [-0.4, -0.2) is 0 Å². The monoisotopic (exact) mass is 92.0 g/mol. The Morgan fingerprint density at radius 1 is 1.57 bits per heavy atom. The molecule has 0 bridgehead atoms. The van der Waals surface area contributed by atoms with Gasteiger partial charge in [-0.15, -0.1) is 0 Å². The third-order valence-corrected chi connectivity index (χ3v) is 0.744. The van der Waals surface area contributed by atoms with E-state index in [4.69, 9.17) is 5.73 Å². The van der Waals surface area contributed by atoms with Crippen LogP contribution in [0.15, 0.2) is 30.0 Å². The first-order valence-corrected chi connectivity index (χ1v) is 2.11. The first-order chi connectivity index (χ1) is 3.39. The highest BCUT2D eigenvalue weighted by Crippen LogP contribution is 1.93. The Balaban J connectivity index is 2.82. The van der Waals surface area contributed by atoms with Crippen LogP contribution in [-0.2, 0) is 0 Å². The minimum absolute atomic E-state index is 0.791. The number of hydrogen-bond donors (Lipinski definition) is 1. The van der Waals surface area contributed by atoms with E-state index in [1.807, 2.05) is 0 Å². The Bertz CT molecular complexity index is 140. The highest BCUT2D eigenvalue weighted by atomic mass is 14.5. The zero-order valence-corrected chi connectivity index (χ0v) is 3.89. The molecule has 0 spiro atoms. The zero-order valence-electron chi connectivity index (χ0n) is 3.89. The molecule has 0 amide bonds. The van der Waals surface area contributed by atoms with Gasteiger partial charge in [0.2, 0.25) is 0 Å². The minimum atomic E-state index is 0.791. The fourth-order valence-electron chi connectivity index (χ4n) is 0.400. The molecule has 7 heavy (non-hydrogen) atoms. The number of nitrogens with two attached hydrogens (primary N) is 1. The SMILES string of the molecule is NC1=CC=[C+]C=C1. The number of allylic oxidation sites excluding steroid dienone is 5. The Morgan fingerprint density at radius 2 is 2.43 bits per heavy atom. The topological polar surface area (TPSA) is 26.0 Å². The molecule has 1 nitrogen and oxygen atoms in total. The van der Waals surface area contributed by atoms with E-state index in [1.165, 1.54) is 0 Å². The Labute approximate surface area is 42.8 Å². The molecule has 0 aromatic rings. The van der Waals surface area contributed by atoms with Gasteiger partial charge >= 0.3 is 0 Å². The van der Waals surface area contributed by atoms with E-state index < -0.39 is 0 Å². The predicted molar refractivity (Wildman–Crippen MR) is 29.2 cm³/mol. The molecule has 1 rings (SSSR count). The highest BCUT2D eigenvalue weighted by molar-refractivity contribution is 5.26. The molecule has 0 heterocycles. The lowest BCUT2D eigenvalue weighted by molar-refractivity contribution is 1.40. The van der Waals surface area contributed by atoms with E-state index in [9.17, 15) is 0 Å². The second kappa shape index (κ2) is 1.59. The van der Waals surface area contributed by atoms with Gasteiger partial charge in [0, 0.05) is 6.08 Å². The molecule has 0 aromatic carbocycles. The van der Waals surface area contributed by atoms with Crippen LogP contribution < -0.4 is 5.73 Å². The lowest BCUT2D eigenvalue weighted by Crippen LogP contribution is -1.92. The van der Waals surface area contributed by atoms with Gasteiger partial charge in [-0.3, -0.25) is 0 Å². The summed E-state index contributed by atoms with van der Waals surface area (Å²) in [6, 6.07) is 0. The summed E-state index contributed by atoms with van der Waals surface area (Å²) in [5.74, 6) is 0. The van der Waals surface area contributed by atoms with Gasteiger partial charge in [-0.25, -0.2) is 0 Å². The minimum Gasteiger partial charge on any atom is -0.377 e. The Kier molecular flexibility index (Phi) is 0.928. The molecule has 2 N–H and O–H groups in total. The Morgan fingerprint density at radius 3 is 2.71 bits per heavy atom. The molecular weight excluding hydrogens is 86.1 g/mol. The van der Waals surface area contributed by atoms with E-state index in [2.05, 4.69) is 6.08 Å². The summed E-state index contributed by atoms with van der Waals surface area (Å²) >= 11 is 0. The molecule has 1 aliphatic carbocycles. The molecule has 0 saturated heterocycles. The predicted octanol–water partition coefficient (Wildman–Crippen LogP) is 0.758. The fraction of sp³-hybridized carbons (Fsp3) is 0. The summed E-state index contributed by atoms with van der Waals surface area (Å²) in [5, 5.41) is 0. The molecule has 0 radical (unpaired) electrons. The quantitative estimate of drug-likeness (QED) is 0.438. The largest absolute Gasteiger partial charge is 0.377 e. The van der Waals surface area contributed by atoms with Crippen molar-refractivity contribution in [1.29, 1.82) is 0 Å². The maximum absolute atomic E-state index is 5.34. The van der Waals surface area contributed by atoms with Crippen molar-refractivity contribution >= 4 is 0 Å². The van der Waals surface area contributed by atoms with E-state index in [1.54, 1.807) is 24.3 Å². The van der Waals surface area contributed by atoms with Crippen molar-refractivity contribution < 1.29 is 0 Å². The number of hydrogen-bond acceptors (Lipinski definition) is 1. The summed E-state index contributed by atoms with van der Waals surface area (Å²) in [6.07, 6.45) is 10.0. The molecule has 0 saturated carbocycles. The lowest BCUT2D eigenvalue weighted by Gasteiger charge is -1.79. The first kappa shape index (κ1) is 4.10. The van der Waals surface area contributed by atoms with Crippen LogP contribution in [0, 0.1) is 6.08 Å². The van der Waals surface area contributed by atoms with Crippen molar-refractivity contribution in [3.8, 4) is 0 Å². The molecule has 34 valence electrons. The average Bonchev–Trinajstić information content (AvgIpc) is 1.69. The van der Waals surface area contributed by atoms with E-state index in [0.29, 0.717) is 0 Å². The van der Waals surface area contributed by atoms with Crippen LogP contribution >= 0.6 is 0 Å². The Hall–Kier alpha value is -1.07. The van der Waals surface area contributed by atoms with Crippen LogP contribution in [0.25, 0.3) is 0 Å². The van der Waals surface area contributed by atoms with Crippen LogP contribution in [0.2, 0.25) is 0 Å². The summed E-state index contributed by atoms with van der Waals surface area (Å²) in [5.41, 5.74) is 6.13. The standard InChI is InChI=1S/C6H6N/c7-6-4-2-1-3-5-6/h2-5H,7H2/q+1. The summed E-state index contributed by atoms with van der Waals surface area (Å²) in [4.78, 5) is 0. The molecule has 0 aromatic heterocycles. The van der Waals surface area contributed by atoms with Crippen LogP contribution in [0.4, 0.5) is 0 Å². The average molecular weight is 92.1 g/mol. The third-order valence-electron chi connectivity index (χ3n) is 0.744. The molecule has 0 aliphatic heterocycles. The maximum atomic E-state index is 5.34. The third kappa shape index (κ3) is 0.881. The van der Waals surface area contributed by atoms with Gasteiger partial charge in [0.15, 0.2) is 0 Å². The number of rotatable bonds is 0. The van der Waals surface area contributed by atoms with Gasteiger partial charge < -0.3 is 5.73 Å². The van der Waals surface area contributed by atoms with Crippen molar-refractivity contribution in [3.63, 3.8) is 0 Å². The molecule has 0 fully saturated rings. The van der Waals surface area contributed by atoms with Crippen LogP contribution in [0.3, 0.4) is 0 Å². The van der Waals surface area contributed by atoms with E-state index in [-0.39, 0.29) is 0 Å². The van der Waals surface area contributed by atoms with Gasteiger partial charge in [-0.2, -0.15) is 0 Å². The van der Waals surface area contributed by atoms with Crippen molar-refractivity contribution in [2.24, 2.45) is 5.73 Å². The van der Waals surface area contributed by atoms with Crippen molar-refractivity contribution in [3.05, 3.63) is 36.1 Å².